The van der Waals surface area contributed by atoms with E-state index in [9.17, 15) is 9.90 Å². The van der Waals surface area contributed by atoms with Gasteiger partial charge in [0.25, 0.3) is 0 Å². The quantitative estimate of drug-likeness (QED) is 0.623. The average molecular weight is 477 g/mol. The molecule has 0 amide bonds. The van der Waals surface area contributed by atoms with Crippen molar-refractivity contribution in [1.29, 1.82) is 0 Å². The van der Waals surface area contributed by atoms with Crippen LogP contribution < -0.4 is 9.47 Å². The van der Waals surface area contributed by atoms with Gasteiger partial charge in [0.05, 0.1) is 31.6 Å². The molecule has 2 aromatic rings. The molecule has 0 spiro atoms. The second-order valence-corrected chi connectivity index (χ2v) is 10.2. The number of nitrogens with zero attached hydrogens (tertiary/aromatic N) is 2. The van der Waals surface area contributed by atoms with E-state index in [0.717, 1.165) is 72.5 Å². The van der Waals surface area contributed by atoms with E-state index >= 15 is 0 Å². The van der Waals surface area contributed by atoms with Gasteiger partial charge in [0.15, 0.2) is 17.3 Å². The summed E-state index contributed by atoms with van der Waals surface area (Å²) < 4.78 is 11.6. The highest BCUT2D eigenvalue weighted by atomic mass is 16.5. The van der Waals surface area contributed by atoms with E-state index in [2.05, 4.69) is 24.1 Å². The highest BCUT2D eigenvalue weighted by molar-refractivity contribution is 6.16. The summed E-state index contributed by atoms with van der Waals surface area (Å²) in [6.07, 6.45) is 3.81. The van der Waals surface area contributed by atoms with Crippen LogP contribution in [0.25, 0.3) is 0 Å². The SMILES string of the molecule is CCOc1cc2c(cc1OC)C(c1cccc(C(=O)C3CCN(C)CC3)c1)=NC1CCC(O)CC21. The van der Waals surface area contributed by atoms with Gasteiger partial charge in [-0.2, -0.15) is 0 Å². The van der Waals surface area contributed by atoms with Gasteiger partial charge in [-0.25, -0.2) is 0 Å². The zero-order valence-electron chi connectivity index (χ0n) is 21.0. The monoisotopic (exact) mass is 476 g/mol. The standard InChI is InChI=1S/C29H36N2O4/c1-4-35-27-16-22-23-15-21(32)8-9-25(23)30-28(24(22)17-26(27)34-3)19-6-5-7-20(14-19)29(33)18-10-12-31(2)13-11-18/h5-7,14,16-18,21,23,25,32H,4,8-13,15H2,1-3H3. The Morgan fingerprint density at radius 2 is 1.91 bits per heavy atom. The molecule has 3 unspecified atom stereocenters. The van der Waals surface area contributed by atoms with Gasteiger partial charge >= 0.3 is 0 Å². The maximum Gasteiger partial charge on any atom is 0.166 e. The summed E-state index contributed by atoms with van der Waals surface area (Å²) in [6.45, 7) is 4.44. The number of rotatable bonds is 6. The molecule has 1 saturated heterocycles. The third-order valence-corrected chi connectivity index (χ3v) is 7.88. The molecule has 0 radical (unpaired) electrons. The Kier molecular flexibility index (Phi) is 6.94. The number of piperidine rings is 1. The van der Waals surface area contributed by atoms with Crippen LogP contribution in [0.2, 0.25) is 0 Å². The van der Waals surface area contributed by atoms with Crippen LogP contribution in [-0.4, -0.2) is 67.5 Å². The predicted octanol–water partition coefficient (Wildman–Crippen LogP) is 4.47. The van der Waals surface area contributed by atoms with Crippen molar-refractivity contribution in [2.75, 3.05) is 33.9 Å². The van der Waals surface area contributed by atoms with E-state index in [1.807, 2.05) is 31.2 Å². The van der Waals surface area contributed by atoms with Gasteiger partial charge in [-0.05, 0) is 82.9 Å². The largest absolute Gasteiger partial charge is 0.493 e. The minimum absolute atomic E-state index is 0.0834. The van der Waals surface area contributed by atoms with E-state index in [1.54, 1.807) is 7.11 Å². The van der Waals surface area contributed by atoms with Crippen LogP contribution in [-0.2, 0) is 0 Å². The lowest BCUT2D eigenvalue weighted by molar-refractivity contribution is 0.0856. The lowest BCUT2D eigenvalue weighted by atomic mass is 9.74. The predicted molar refractivity (Wildman–Crippen MR) is 137 cm³/mol. The molecule has 5 rings (SSSR count). The third-order valence-electron chi connectivity index (χ3n) is 7.88. The molecule has 2 heterocycles. The number of aliphatic imine (C=N–C) groups is 1. The Hall–Kier alpha value is -2.70. The Morgan fingerprint density at radius 3 is 2.66 bits per heavy atom. The third kappa shape index (κ3) is 4.74. The molecule has 2 aliphatic heterocycles. The molecule has 2 fully saturated rings. The lowest BCUT2D eigenvalue weighted by Crippen LogP contribution is -2.34. The lowest BCUT2D eigenvalue weighted by Gasteiger charge is -2.37. The van der Waals surface area contributed by atoms with Gasteiger partial charge in [-0.15, -0.1) is 0 Å². The highest BCUT2D eigenvalue weighted by Crippen LogP contribution is 2.45. The summed E-state index contributed by atoms with van der Waals surface area (Å²) in [6, 6.07) is 12.2. The van der Waals surface area contributed by atoms with E-state index in [1.165, 1.54) is 0 Å². The van der Waals surface area contributed by atoms with Gasteiger partial charge in [0.2, 0.25) is 0 Å². The van der Waals surface area contributed by atoms with Crippen LogP contribution in [0.1, 0.15) is 72.0 Å². The molecule has 3 aliphatic rings. The first kappa shape index (κ1) is 24.0. The minimum atomic E-state index is -0.311. The zero-order valence-corrected chi connectivity index (χ0v) is 21.0. The van der Waals surface area contributed by atoms with Crippen LogP contribution in [0.15, 0.2) is 41.4 Å². The zero-order chi connectivity index (χ0) is 24.5. The van der Waals surface area contributed by atoms with Crippen molar-refractivity contribution in [3.05, 3.63) is 58.7 Å². The molecule has 2 aromatic carbocycles. The molecular formula is C29H36N2O4. The minimum Gasteiger partial charge on any atom is -0.493 e. The van der Waals surface area contributed by atoms with E-state index < -0.39 is 0 Å². The number of aliphatic hydroxyl groups excluding tert-OH is 1. The maximum atomic E-state index is 13.3. The number of ether oxygens (including phenoxy) is 2. The average Bonchev–Trinajstić information content (AvgIpc) is 2.88. The first-order chi connectivity index (χ1) is 17.0. The second-order valence-electron chi connectivity index (χ2n) is 10.2. The van der Waals surface area contributed by atoms with Crippen LogP contribution in [0.3, 0.4) is 0 Å². The summed E-state index contributed by atoms with van der Waals surface area (Å²) in [5, 5.41) is 10.4. The van der Waals surface area contributed by atoms with Gasteiger partial charge < -0.3 is 19.5 Å². The summed E-state index contributed by atoms with van der Waals surface area (Å²) in [7, 11) is 3.76. The number of benzene rings is 2. The first-order valence-electron chi connectivity index (χ1n) is 12.9. The number of fused-ring (bicyclic) bond motifs is 3. The maximum absolute atomic E-state index is 13.3. The van der Waals surface area contributed by atoms with E-state index in [4.69, 9.17) is 14.5 Å². The van der Waals surface area contributed by atoms with E-state index in [-0.39, 0.29) is 29.8 Å². The number of ketones is 1. The Labute approximate surface area is 208 Å². The normalized spacial score (nSPS) is 24.8. The van der Waals surface area contributed by atoms with Crippen LogP contribution in [0.5, 0.6) is 11.5 Å². The first-order valence-corrected chi connectivity index (χ1v) is 12.9. The van der Waals surface area contributed by atoms with Crippen molar-refractivity contribution in [3.63, 3.8) is 0 Å². The molecule has 6 nitrogen and oxygen atoms in total. The molecule has 0 aromatic heterocycles. The number of Topliss-reactive ketones (excluding diaryl/α,β-unsaturated/α-hetero) is 1. The van der Waals surface area contributed by atoms with Crippen LogP contribution in [0.4, 0.5) is 0 Å². The topological polar surface area (TPSA) is 71.4 Å². The fourth-order valence-electron chi connectivity index (χ4n) is 5.93. The van der Waals surface area contributed by atoms with Crippen molar-refractivity contribution in [3.8, 4) is 11.5 Å². The number of carbonyl (C=O) groups is 1. The van der Waals surface area contributed by atoms with Crippen molar-refractivity contribution in [1.82, 2.24) is 4.90 Å². The Morgan fingerprint density at radius 1 is 1.11 bits per heavy atom. The van der Waals surface area contributed by atoms with Crippen molar-refractivity contribution in [2.45, 2.75) is 57.1 Å². The number of hydrogen-bond donors (Lipinski definition) is 1. The number of carbonyl (C=O) groups excluding carboxylic acids is 1. The van der Waals surface area contributed by atoms with Gasteiger partial charge in [0.1, 0.15) is 0 Å². The highest BCUT2D eigenvalue weighted by Gasteiger charge is 2.37. The molecule has 6 heteroatoms. The second kappa shape index (κ2) is 10.1. The number of hydrogen-bond acceptors (Lipinski definition) is 6. The molecule has 186 valence electrons. The molecule has 1 aliphatic carbocycles. The summed E-state index contributed by atoms with van der Waals surface area (Å²) in [4.78, 5) is 20.8. The molecular weight excluding hydrogens is 440 g/mol. The Balaban J connectivity index is 1.55. The molecule has 1 N–H and O–H groups in total. The molecule has 35 heavy (non-hydrogen) atoms. The smallest absolute Gasteiger partial charge is 0.166 e. The molecule has 3 atom stereocenters. The van der Waals surface area contributed by atoms with Gasteiger partial charge in [-0.1, -0.05) is 18.2 Å². The number of likely N-dealkylation sites (tertiary alicyclic amines) is 1. The van der Waals surface area contributed by atoms with Crippen LogP contribution in [0, 0.1) is 5.92 Å². The molecule has 0 bridgehead atoms. The summed E-state index contributed by atoms with van der Waals surface area (Å²) in [5.74, 6) is 1.86. The number of methoxy groups -OCH3 is 1. The number of aliphatic hydroxyl groups is 1. The Bertz CT molecular complexity index is 1120. The summed E-state index contributed by atoms with van der Waals surface area (Å²) >= 11 is 0. The van der Waals surface area contributed by atoms with Crippen molar-refractivity contribution in [2.24, 2.45) is 10.9 Å². The van der Waals surface area contributed by atoms with Gasteiger partial charge in [-0.3, -0.25) is 9.79 Å². The van der Waals surface area contributed by atoms with E-state index in [0.29, 0.717) is 18.8 Å². The fourth-order valence-corrected chi connectivity index (χ4v) is 5.93. The summed E-state index contributed by atoms with van der Waals surface area (Å²) in [5.41, 5.74) is 4.78. The molecule has 1 saturated carbocycles. The van der Waals surface area contributed by atoms with Gasteiger partial charge in [0, 0.05) is 28.5 Å². The van der Waals surface area contributed by atoms with Crippen molar-refractivity contribution < 1.29 is 19.4 Å². The fraction of sp³-hybridized carbons (Fsp3) is 0.517. The van der Waals surface area contributed by atoms with Crippen molar-refractivity contribution >= 4 is 11.5 Å². The van der Waals surface area contributed by atoms with Crippen LogP contribution >= 0.6 is 0 Å².